The van der Waals surface area contributed by atoms with E-state index in [9.17, 15) is 9.59 Å². The topological polar surface area (TPSA) is 123 Å². The first-order chi connectivity index (χ1) is 13.5. The average Bonchev–Trinajstić information content (AvgIpc) is 3.37. The van der Waals surface area contributed by atoms with Gasteiger partial charge in [0.1, 0.15) is 6.04 Å². The number of carbonyl (C=O) groups excluding carboxylic acids is 2. The molecule has 0 aromatic carbocycles. The maximum absolute atomic E-state index is 12.3. The monoisotopic (exact) mass is 400 g/mol. The first-order valence-corrected chi connectivity index (χ1v) is 9.63. The van der Waals surface area contributed by atoms with Crippen LogP contribution in [0.25, 0.3) is 11.4 Å². The fourth-order valence-corrected chi connectivity index (χ4v) is 2.97. The van der Waals surface area contributed by atoms with Gasteiger partial charge in [-0.25, -0.2) is 4.98 Å². The lowest BCUT2D eigenvalue weighted by Crippen LogP contribution is -2.32. The Morgan fingerprint density at radius 2 is 2.04 bits per heavy atom. The minimum absolute atomic E-state index is 0.0234. The fourth-order valence-electron chi connectivity index (χ4n) is 2.43. The molecule has 2 amide bonds. The Hall–Kier alpha value is -3.14. The van der Waals surface area contributed by atoms with Crippen LogP contribution in [0.5, 0.6) is 0 Å². The van der Waals surface area contributed by atoms with E-state index in [4.69, 9.17) is 4.52 Å². The van der Waals surface area contributed by atoms with Crippen LogP contribution in [0.3, 0.4) is 0 Å². The number of thiazole rings is 1. The van der Waals surface area contributed by atoms with Crippen molar-refractivity contribution in [3.63, 3.8) is 0 Å². The second-order valence-corrected chi connectivity index (χ2v) is 7.27. The van der Waals surface area contributed by atoms with E-state index in [0.29, 0.717) is 16.8 Å². The summed E-state index contributed by atoms with van der Waals surface area (Å²) < 4.78 is 5.35. The molecule has 0 aliphatic heterocycles. The number of rotatable bonds is 8. The molecular formula is C18H20N6O3S. The summed E-state index contributed by atoms with van der Waals surface area (Å²) in [4.78, 5) is 36.6. The number of hydrogen-bond donors (Lipinski definition) is 2. The van der Waals surface area contributed by atoms with Crippen molar-refractivity contribution in [3.05, 3.63) is 42.0 Å². The van der Waals surface area contributed by atoms with E-state index < -0.39 is 6.04 Å². The van der Waals surface area contributed by atoms with Gasteiger partial charge >= 0.3 is 0 Å². The van der Waals surface area contributed by atoms with Gasteiger partial charge in [-0.3, -0.25) is 14.6 Å². The first-order valence-electron chi connectivity index (χ1n) is 8.75. The molecular weight excluding hydrogens is 380 g/mol. The third-order valence-corrected chi connectivity index (χ3v) is 4.56. The Labute approximate surface area is 165 Å². The molecule has 0 aliphatic carbocycles. The average molecular weight is 400 g/mol. The minimum Gasteiger partial charge on any atom is -0.344 e. The van der Waals surface area contributed by atoms with Gasteiger partial charge in [-0.2, -0.15) is 4.98 Å². The summed E-state index contributed by atoms with van der Waals surface area (Å²) in [7, 11) is 0. The van der Waals surface area contributed by atoms with Crippen LogP contribution >= 0.6 is 11.3 Å². The molecule has 2 N–H and O–H groups in total. The predicted molar refractivity (Wildman–Crippen MR) is 103 cm³/mol. The van der Waals surface area contributed by atoms with Gasteiger partial charge in [-0.05, 0) is 18.1 Å². The van der Waals surface area contributed by atoms with Crippen molar-refractivity contribution in [2.45, 2.75) is 32.7 Å². The number of pyridine rings is 1. The summed E-state index contributed by atoms with van der Waals surface area (Å²) in [5.41, 5.74) is 0.727. The van der Waals surface area contributed by atoms with Crippen LogP contribution in [0.15, 0.2) is 40.6 Å². The molecule has 3 heterocycles. The Bertz CT molecular complexity index is 911. The van der Waals surface area contributed by atoms with Crippen LogP contribution in [0.4, 0.5) is 5.13 Å². The zero-order valence-corrected chi connectivity index (χ0v) is 16.3. The predicted octanol–water partition coefficient (Wildman–Crippen LogP) is 2.82. The van der Waals surface area contributed by atoms with Crippen molar-refractivity contribution >= 4 is 28.3 Å². The third kappa shape index (κ3) is 5.19. The molecule has 3 rings (SSSR count). The van der Waals surface area contributed by atoms with E-state index in [1.54, 1.807) is 30.0 Å². The lowest BCUT2D eigenvalue weighted by Gasteiger charge is -2.18. The van der Waals surface area contributed by atoms with Crippen LogP contribution in [-0.4, -0.2) is 31.9 Å². The quantitative estimate of drug-likeness (QED) is 0.596. The molecule has 9 nitrogen and oxygen atoms in total. The van der Waals surface area contributed by atoms with Gasteiger partial charge < -0.3 is 15.2 Å². The molecule has 0 spiro atoms. The van der Waals surface area contributed by atoms with Crippen LogP contribution < -0.4 is 10.6 Å². The summed E-state index contributed by atoms with van der Waals surface area (Å²) in [5, 5.41) is 11.8. The van der Waals surface area contributed by atoms with E-state index in [2.05, 4.69) is 30.7 Å². The van der Waals surface area contributed by atoms with Crippen molar-refractivity contribution in [2.24, 2.45) is 5.92 Å². The molecule has 10 heteroatoms. The lowest BCUT2D eigenvalue weighted by molar-refractivity contribution is -0.125. The number of carbonyl (C=O) groups is 2. The molecule has 0 aliphatic rings. The highest BCUT2D eigenvalue weighted by Gasteiger charge is 2.25. The van der Waals surface area contributed by atoms with Crippen molar-refractivity contribution < 1.29 is 14.1 Å². The van der Waals surface area contributed by atoms with E-state index >= 15 is 0 Å². The molecule has 1 unspecified atom stereocenters. The summed E-state index contributed by atoms with van der Waals surface area (Å²) >= 11 is 1.32. The Morgan fingerprint density at radius 1 is 1.21 bits per heavy atom. The van der Waals surface area contributed by atoms with Gasteiger partial charge in [0, 0.05) is 42.4 Å². The van der Waals surface area contributed by atoms with Crippen LogP contribution in [0, 0.1) is 5.92 Å². The van der Waals surface area contributed by atoms with Crippen LogP contribution in [0.2, 0.25) is 0 Å². The van der Waals surface area contributed by atoms with Crippen molar-refractivity contribution in [3.8, 4) is 11.4 Å². The molecule has 28 heavy (non-hydrogen) atoms. The van der Waals surface area contributed by atoms with Gasteiger partial charge in [0.15, 0.2) is 5.13 Å². The molecule has 0 radical (unpaired) electrons. The van der Waals surface area contributed by atoms with Gasteiger partial charge in [-0.15, -0.1) is 11.3 Å². The molecule has 0 saturated carbocycles. The Balaban J connectivity index is 1.58. The van der Waals surface area contributed by atoms with Gasteiger partial charge in [-0.1, -0.05) is 19.0 Å². The van der Waals surface area contributed by atoms with E-state index in [1.807, 2.05) is 19.9 Å². The number of aromatic nitrogens is 4. The van der Waals surface area contributed by atoms with Crippen LogP contribution in [-0.2, 0) is 9.59 Å². The molecule has 146 valence electrons. The fraction of sp³-hybridized carbons (Fsp3) is 0.333. The smallest absolute Gasteiger partial charge is 0.249 e. The largest absolute Gasteiger partial charge is 0.344 e. The SMILES string of the molecule is CC(C)C(NC(=O)CCC(=O)Nc1nccs1)c1nc(-c2cccnc2)no1. The van der Waals surface area contributed by atoms with Gasteiger partial charge in [0.25, 0.3) is 0 Å². The molecule has 0 fully saturated rings. The molecule has 0 saturated heterocycles. The van der Waals surface area contributed by atoms with E-state index in [0.717, 1.165) is 5.56 Å². The lowest BCUT2D eigenvalue weighted by atomic mass is 10.0. The normalized spacial score (nSPS) is 12.0. The number of nitrogens with zero attached hydrogens (tertiary/aromatic N) is 4. The van der Waals surface area contributed by atoms with Crippen molar-refractivity contribution in [1.82, 2.24) is 25.4 Å². The van der Waals surface area contributed by atoms with Crippen molar-refractivity contribution in [2.75, 3.05) is 5.32 Å². The molecule has 1 atom stereocenters. The van der Waals surface area contributed by atoms with E-state index in [-0.39, 0.29) is 30.6 Å². The van der Waals surface area contributed by atoms with E-state index in [1.165, 1.54) is 11.3 Å². The number of hydrogen-bond acceptors (Lipinski definition) is 8. The zero-order valence-electron chi connectivity index (χ0n) is 15.5. The number of amides is 2. The summed E-state index contributed by atoms with van der Waals surface area (Å²) in [5.74, 6) is 0.215. The number of anilines is 1. The summed E-state index contributed by atoms with van der Waals surface area (Å²) in [6, 6.07) is 3.16. The second kappa shape index (κ2) is 9.18. The molecule has 0 bridgehead atoms. The molecule has 3 aromatic rings. The summed E-state index contributed by atoms with van der Waals surface area (Å²) in [6.45, 7) is 3.88. The van der Waals surface area contributed by atoms with Gasteiger partial charge in [0.2, 0.25) is 23.5 Å². The highest BCUT2D eigenvalue weighted by molar-refractivity contribution is 7.13. The third-order valence-electron chi connectivity index (χ3n) is 3.87. The maximum Gasteiger partial charge on any atom is 0.249 e. The Morgan fingerprint density at radius 3 is 2.71 bits per heavy atom. The first kappa shape index (κ1) is 19.6. The highest BCUT2D eigenvalue weighted by Crippen LogP contribution is 2.23. The Kier molecular flexibility index (Phi) is 6.43. The maximum atomic E-state index is 12.3. The highest BCUT2D eigenvalue weighted by atomic mass is 32.1. The molecule has 3 aromatic heterocycles. The van der Waals surface area contributed by atoms with Crippen molar-refractivity contribution in [1.29, 1.82) is 0 Å². The summed E-state index contributed by atoms with van der Waals surface area (Å²) in [6.07, 6.45) is 5.00. The van der Waals surface area contributed by atoms with Gasteiger partial charge in [0.05, 0.1) is 0 Å². The number of nitrogens with one attached hydrogen (secondary N) is 2. The second-order valence-electron chi connectivity index (χ2n) is 6.37. The zero-order chi connectivity index (χ0) is 19.9. The minimum atomic E-state index is -0.451. The standard InChI is InChI=1S/C18H20N6O3S/c1-11(2)15(17-23-16(24-27-17)12-4-3-7-19-10-12)21-13(25)5-6-14(26)22-18-20-8-9-28-18/h3-4,7-11,15H,5-6H2,1-2H3,(H,21,25)(H,20,22,26). The van der Waals surface area contributed by atoms with Crippen LogP contribution in [0.1, 0.15) is 38.6 Å².